The van der Waals surface area contributed by atoms with E-state index in [9.17, 15) is 26.3 Å². The van der Waals surface area contributed by atoms with Crippen molar-refractivity contribution < 1.29 is 31.1 Å². The molecule has 0 amide bonds. The van der Waals surface area contributed by atoms with Gasteiger partial charge in [0.1, 0.15) is 0 Å². The van der Waals surface area contributed by atoms with Gasteiger partial charge in [-0.1, -0.05) is 35.9 Å². The molecule has 1 aliphatic rings. The Balaban J connectivity index is 1.51. The molecular formula is C24H24F6N6O. The zero-order valence-corrected chi connectivity index (χ0v) is 19.8. The number of benzene rings is 2. The molecular weight excluding hydrogens is 502 g/mol. The van der Waals surface area contributed by atoms with Gasteiger partial charge in [-0.25, -0.2) is 0 Å². The molecule has 13 heteroatoms. The van der Waals surface area contributed by atoms with Crippen LogP contribution in [0.2, 0.25) is 0 Å². The third kappa shape index (κ3) is 7.68. The van der Waals surface area contributed by atoms with Gasteiger partial charge in [-0.3, -0.25) is 4.90 Å². The number of piperazine rings is 1. The SMILES string of the molecule is Cc1cccc(CN2CCN(c3nc(Nc4cccc(C(F)(F)F)c4)nc(OCC(F)(F)F)n3)CC2)c1. The van der Waals surface area contributed by atoms with Crippen LogP contribution in [0, 0.1) is 6.92 Å². The van der Waals surface area contributed by atoms with E-state index in [1.807, 2.05) is 25.1 Å². The average molecular weight is 526 g/mol. The third-order valence-electron chi connectivity index (χ3n) is 5.56. The summed E-state index contributed by atoms with van der Waals surface area (Å²) in [4.78, 5) is 16.1. The Bertz CT molecular complexity index is 1210. The van der Waals surface area contributed by atoms with Crippen LogP contribution in [0.15, 0.2) is 48.5 Å². The highest BCUT2D eigenvalue weighted by Gasteiger charge is 2.31. The highest BCUT2D eigenvalue weighted by atomic mass is 19.4. The number of hydrogen-bond donors (Lipinski definition) is 1. The van der Waals surface area contributed by atoms with Crippen LogP contribution < -0.4 is 15.0 Å². The Morgan fingerprint density at radius 3 is 2.30 bits per heavy atom. The monoisotopic (exact) mass is 526 g/mol. The molecule has 0 unspecified atom stereocenters. The Morgan fingerprint density at radius 2 is 1.62 bits per heavy atom. The van der Waals surface area contributed by atoms with Crippen molar-refractivity contribution in [2.45, 2.75) is 25.8 Å². The van der Waals surface area contributed by atoms with Gasteiger partial charge in [-0.2, -0.15) is 41.3 Å². The number of alkyl halides is 6. The third-order valence-corrected chi connectivity index (χ3v) is 5.56. The lowest BCUT2D eigenvalue weighted by atomic mass is 10.1. The fourth-order valence-corrected chi connectivity index (χ4v) is 3.83. The molecule has 7 nitrogen and oxygen atoms in total. The molecule has 0 aliphatic carbocycles. The van der Waals surface area contributed by atoms with Gasteiger partial charge in [-0.05, 0) is 30.7 Å². The number of halogens is 6. The number of nitrogens with zero attached hydrogens (tertiary/aromatic N) is 5. The fraction of sp³-hybridized carbons (Fsp3) is 0.375. The Hall–Kier alpha value is -3.61. The molecule has 37 heavy (non-hydrogen) atoms. The topological polar surface area (TPSA) is 66.4 Å². The van der Waals surface area contributed by atoms with Gasteiger partial charge in [0.15, 0.2) is 6.61 Å². The summed E-state index contributed by atoms with van der Waals surface area (Å²) in [6.45, 7) is 3.41. The number of aryl methyl sites for hydroxylation is 1. The summed E-state index contributed by atoms with van der Waals surface area (Å²) < 4.78 is 82.1. The minimum absolute atomic E-state index is 0.0109. The van der Waals surface area contributed by atoms with E-state index in [1.165, 1.54) is 17.7 Å². The molecule has 4 rings (SSSR count). The maximum Gasteiger partial charge on any atom is 0.422 e. The van der Waals surface area contributed by atoms with Gasteiger partial charge in [0.05, 0.1) is 5.56 Å². The maximum atomic E-state index is 13.1. The van der Waals surface area contributed by atoms with E-state index < -0.39 is 30.5 Å². The molecule has 0 radical (unpaired) electrons. The van der Waals surface area contributed by atoms with Gasteiger partial charge in [0.2, 0.25) is 11.9 Å². The summed E-state index contributed by atoms with van der Waals surface area (Å²) in [5.74, 6) is -0.166. The highest BCUT2D eigenvalue weighted by molar-refractivity contribution is 5.56. The zero-order valence-electron chi connectivity index (χ0n) is 19.8. The van der Waals surface area contributed by atoms with Crippen molar-refractivity contribution in [1.29, 1.82) is 0 Å². The first-order chi connectivity index (χ1) is 17.4. The number of anilines is 3. The molecule has 0 spiro atoms. The Labute approximate surface area is 209 Å². The minimum Gasteiger partial charge on any atom is -0.454 e. The van der Waals surface area contributed by atoms with Gasteiger partial charge in [0, 0.05) is 38.4 Å². The Kier molecular flexibility index (Phi) is 7.71. The van der Waals surface area contributed by atoms with E-state index in [4.69, 9.17) is 4.74 Å². The summed E-state index contributed by atoms with van der Waals surface area (Å²) in [6.07, 6.45) is -9.19. The molecule has 1 saturated heterocycles. The lowest BCUT2D eigenvalue weighted by Crippen LogP contribution is -2.46. The molecule has 1 fully saturated rings. The molecule has 0 saturated carbocycles. The van der Waals surface area contributed by atoms with Crippen molar-refractivity contribution in [1.82, 2.24) is 19.9 Å². The van der Waals surface area contributed by atoms with Crippen LogP contribution in [0.4, 0.5) is 43.9 Å². The van der Waals surface area contributed by atoms with Crippen LogP contribution in [-0.2, 0) is 12.7 Å². The zero-order chi connectivity index (χ0) is 26.6. The van der Waals surface area contributed by atoms with Gasteiger partial charge in [0.25, 0.3) is 0 Å². The van der Waals surface area contributed by atoms with Crippen LogP contribution in [0.5, 0.6) is 6.01 Å². The number of hydrogen-bond acceptors (Lipinski definition) is 7. The molecule has 2 heterocycles. The van der Waals surface area contributed by atoms with Crippen molar-refractivity contribution in [2.75, 3.05) is 43.0 Å². The smallest absolute Gasteiger partial charge is 0.422 e. The summed E-state index contributed by atoms with van der Waals surface area (Å²) >= 11 is 0. The van der Waals surface area contributed by atoms with Crippen LogP contribution in [0.3, 0.4) is 0 Å². The van der Waals surface area contributed by atoms with Crippen molar-refractivity contribution >= 4 is 17.6 Å². The molecule has 0 bridgehead atoms. The van der Waals surface area contributed by atoms with E-state index in [0.717, 1.165) is 24.2 Å². The second-order valence-corrected chi connectivity index (χ2v) is 8.60. The second kappa shape index (κ2) is 10.8. The molecule has 198 valence electrons. The second-order valence-electron chi connectivity index (χ2n) is 8.60. The van der Waals surface area contributed by atoms with E-state index in [1.54, 1.807) is 4.90 Å². The first-order valence-electron chi connectivity index (χ1n) is 11.4. The number of nitrogens with one attached hydrogen (secondary N) is 1. The van der Waals surface area contributed by atoms with E-state index in [2.05, 4.69) is 31.2 Å². The summed E-state index contributed by atoms with van der Waals surface area (Å²) in [7, 11) is 0. The molecule has 1 aliphatic heterocycles. The average Bonchev–Trinajstić information content (AvgIpc) is 2.82. The van der Waals surface area contributed by atoms with Crippen molar-refractivity contribution in [3.63, 3.8) is 0 Å². The lowest BCUT2D eigenvalue weighted by Gasteiger charge is -2.34. The molecule has 1 aromatic heterocycles. The molecule has 0 atom stereocenters. The predicted molar refractivity (Wildman–Crippen MR) is 125 cm³/mol. The standard InChI is InChI=1S/C24H24F6N6O/c1-16-4-2-5-17(12-16)14-35-8-10-36(11-9-35)21-32-20(33-22(34-21)37-15-23(25,26)27)31-19-7-3-6-18(13-19)24(28,29)30/h2-7,12-13H,8-11,14-15H2,1H3,(H,31,32,33,34). The fourth-order valence-electron chi connectivity index (χ4n) is 3.83. The minimum atomic E-state index is -4.62. The Morgan fingerprint density at radius 1 is 0.892 bits per heavy atom. The molecule has 1 N–H and O–H groups in total. The van der Waals surface area contributed by atoms with Gasteiger partial charge >= 0.3 is 18.4 Å². The number of aromatic nitrogens is 3. The number of rotatable bonds is 7. The van der Waals surface area contributed by atoms with E-state index in [0.29, 0.717) is 26.2 Å². The van der Waals surface area contributed by atoms with Gasteiger partial charge < -0.3 is 15.0 Å². The number of ether oxygens (including phenoxy) is 1. The predicted octanol–water partition coefficient (Wildman–Crippen LogP) is 5.21. The van der Waals surface area contributed by atoms with Crippen LogP contribution in [0.1, 0.15) is 16.7 Å². The summed E-state index contributed by atoms with van der Waals surface area (Å²) in [5.41, 5.74) is 1.44. The molecule has 2 aromatic carbocycles. The van der Waals surface area contributed by atoms with Crippen molar-refractivity contribution in [2.24, 2.45) is 0 Å². The largest absolute Gasteiger partial charge is 0.454 e. The first kappa shape index (κ1) is 26.5. The lowest BCUT2D eigenvalue weighted by molar-refractivity contribution is -0.154. The highest BCUT2D eigenvalue weighted by Crippen LogP contribution is 2.31. The summed E-state index contributed by atoms with van der Waals surface area (Å²) in [6, 6.07) is 11.9. The van der Waals surface area contributed by atoms with Crippen molar-refractivity contribution in [3.8, 4) is 6.01 Å². The normalized spacial score (nSPS) is 15.1. The van der Waals surface area contributed by atoms with Crippen LogP contribution in [0.25, 0.3) is 0 Å². The molecule has 3 aromatic rings. The quantitative estimate of drug-likeness (QED) is 0.425. The first-order valence-corrected chi connectivity index (χ1v) is 11.4. The maximum absolute atomic E-state index is 13.1. The van der Waals surface area contributed by atoms with Gasteiger partial charge in [-0.15, -0.1) is 0 Å². The summed E-state index contributed by atoms with van der Waals surface area (Å²) in [5, 5.41) is 2.62. The van der Waals surface area contributed by atoms with E-state index >= 15 is 0 Å². The van der Waals surface area contributed by atoms with Crippen LogP contribution >= 0.6 is 0 Å². The van der Waals surface area contributed by atoms with Crippen LogP contribution in [-0.4, -0.2) is 58.8 Å². The van der Waals surface area contributed by atoms with Crippen molar-refractivity contribution in [3.05, 3.63) is 65.2 Å². The van der Waals surface area contributed by atoms with E-state index in [-0.39, 0.29) is 17.6 Å².